The Balaban J connectivity index is 3.61. The first-order chi connectivity index (χ1) is 8.57. The molecule has 0 aliphatic carbocycles. The Morgan fingerprint density at radius 1 is 1.39 bits per heavy atom. The molecule has 0 bridgehead atoms. The molecule has 0 saturated heterocycles. The second kappa shape index (κ2) is 10.8. The fourth-order valence-electron chi connectivity index (χ4n) is 1.22. The molecule has 4 heteroatoms. The number of nitrogens with one attached hydrogen (secondary N) is 1. The van der Waals surface area contributed by atoms with Crippen LogP contribution in [0.15, 0.2) is 5.16 Å². The van der Waals surface area contributed by atoms with Gasteiger partial charge in [-0.1, -0.05) is 24.9 Å². The second-order valence-corrected chi connectivity index (χ2v) is 4.40. The topological polar surface area (TPSA) is 50.7 Å². The van der Waals surface area contributed by atoms with Gasteiger partial charge in [-0.3, -0.25) is 0 Å². The molecule has 0 amide bonds. The largest absolute Gasteiger partial charge is 0.394 e. The van der Waals surface area contributed by atoms with Gasteiger partial charge >= 0.3 is 0 Å². The molecule has 0 heterocycles. The fraction of sp³-hybridized carbons (Fsp3) is 0.714. The highest BCUT2D eigenvalue weighted by Crippen LogP contribution is 1.96. The van der Waals surface area contributed by atoms with Gasteiger partial charge in [0.1, 0.15) is 18.1 Å². The van der Waals surface area contributed by atoms with Crippen molar-refractivity contribution in [3.8, 4) is 11.8 Å². The van der Waals surface area contributed by atoms with E-state index in [9.17, 15) is 4.79 Å². The molecule has 0 aromatic heterocycles. The van der Waals surface area contributed by atoms with Crippen molar-refractivity contribution in [2.75, 3.05) is 19.7 Å². The zero-order valence-corrected chi connectivity index (χ0v) is 11.9. The first-order valence-corrected chi connectivity index (χ1v) is 6.40. The summed E-state index contributed by atoms with van der Waals surface area (Å²) in [5.74, 6) is 6.26. The number of rotatable bonds is 9. The third-order valence-electron chi connectivity index (χ3n) is 2.22. The molecule has 0 aliphatic rings. The van der Waals surface area contributed by atoms with Crippen LogP contribution < -0.4 is 5.32 Å². The van der Waals surface area contributed by atoms with Crippen LogP contribution in [0.3, 0.4) is 0 Å². The number of hydrogen-bond donors (Lipinski definition) is 1. The normalized spacial score (nSPS) is 11.1. The Labute approximate surface area is 110 Å². The molecule has 0 saturated carbocycles. The standard InChI is InChI=1S/C14H24N2O2/c1-5-7-14(12(2)3)16-18-11-10-15-9-6-8-13(4)17/h12,15H,6,8-11H2,1-4H3/b16-14+. The number of carbonyl (C=O) groups is 1. The van der Waals surface area contributed by atoms with Crippen LogP contribution in [0, 0.1) is 17.8 Å². The average molecular weight is 252 g/mol. The minimum Gasteiger partial charge on any atom is -0.394 e. The lowest BCUT2D eigenvalue weighted by molar-refractivity contribution is -0.117. The highest BCUT2D eigenvalue weighted by atomic mass is 16.6. The molecule has 1 N–H and O–H groups in total. The van der Waals surface area contributed by atoms with Gasteiger partial charge < -0.3 is 14.9 Å². The van der Waals surface area contributed by atoms with Crippen LogP contribution in [0.2, 0.25) is 0 Å². The fourth-order valence-corrected chi connectivity index (χ4v) is 1.22. The van der Waals surface area contributed by atoms with Crippen LogP contribution in [0.4, 0.5) is 0 Å². The Morgan fingerprint density at radius 3 is 2.67 bits per heavy atom. The van der Waals surface area contributed by atoms with Gasteiger partial charge in [-0.05, 0) is 32.7 Å². The molecule has 0 aromatic rings. The van der Waals surface area contributed by atoms with Crippen molar-refractivity contribution >= 4 is 11.5 Å². The molecule has 18 heavy (non-hydrogen) atoms. The lowest BCUT2D eigenvalue weighted by Crippen LogP contribution is -2.21. The molecule has 0 rings (SSSR count). The minimum absolute atomic E-state index is 0.234. The van der Waals surface area contributed by atoms with Gasteiger partial charge in [-0.2, -0.15) is 0 Å². The maximum absolute atomic E-state index is 10.7. The van der Waals surface area contributed by atoms with Crippen LogP contribution >= 0.6 is 0 Å². The maximum Gasteiger partial charge on any atom is 0.132 e. The third kappa shape index (κ3) is 9.86. The number of nitrogens with zero attached hydrogens (tertiary/aromatic N) is 1. The van der Waals surface area contributed by atoms with E-state index in [2.05, 4.69) is 22.3 Å². The van der Waals surface area contributed by atoms with Crippen molar-refractivity contribution in [1.29, 1.82) is 0 Å². The maximum atomic E-state index is 10.7. The molecule has 4 nitrogen and oxygen atoms in total. The SMILES string of the molecule is CC#C/C(=N\OCCNCCCC(C)=O)C(C)C. The van der Waals surface area contributed by atoms with Crippen LogP contribution in [0.1, 0.15) is 40.5 Å². The summed E-state index contributed by atoms with van der Waals surface area (Å²) < 4.78 is 0. The third-order valence-corrected chi connectivity index (χ3v) is 2.22. The molecule has 102 valence electrons. The van der Waals surface area contributed by atoms with Crippen molar-refractivity contribution in [1.82, 2.24) is 5.32 Å². The van der Waals surface area contributed by atoms with Gasteiger partial charge in [0.2, 0.25) is 0 Å². The van der Waals surface area contributed by atoms with Gasteiger partial charge in [0.25, 0.3) is 0 Å². The smallest absolute Gasteiger partial charge is 0.132 e. The zero-order valence-electron chi connectivity index (χ0n) is 11.9. The van der Waals surface area contributed by atoms with Crippen molar-refractivity contribution < 1.29 is 9.63 Å². The number of oxime groups is 1. The highest BCUT2D eigenvalue weighted by molar-refractivity contribution is 6.01. The summed E-state index contributed by atoms with van der Waals surface area (Å²) in [5, 5.41) is 7.20. The van der Waals surface area contributed by atoms with Gasteiger partial charge in [0.15, 0.2) is 0 Å². The molecule has 0 atom stereocenters. The average Bonchev–Trinajstić information content (AvgIpc) is 2.30. The van der Waals surface area contributed by atoms with Crippen molar-refractivity contribution in [2.45, 2.75) is 40.5 Å². The predicted molar refractivity (Wildman–Crippen MR) is 74.5 cm³/mol. The highest BCUT2D eigenvalue weighted by Gasteiger charge is 2.01. The van der Waals surface area contributed by atoms with Crippen LogP contribution in [-0.2, 0) is 9.63 Å². The summed E-state index contributed by atoms with van der Waals surface area (Å²) in [4.78, 5) is 15.9. The number of Topliss-reactive ketones (excluding diaryl/α,β-unsaturated/α-hetero) is 1. The van der Waals surface area contributed by atoms with Crippen LogP contribution in [-0.4, -0.2) is 31.2 Å². The summed E-state index contributed by atoms with van der Waals surface area (Å²) in [6, 6.07) is 0. The van der Waals surface area contributed by atoms with E-state index < -0.39 is 0 Å². The Hall–Kier alpha value is -1.34. The number of ketones is 1. The first kappa shape index (κ1) is 16.7. The molecule has 0 aromatic carbocycles. The molecular formula is C14H24N2O2. The van der Waals surface area contributed by atoms with Crippen molar-refractivity contribution in [3.63, 3.8) is 0 Å². The van der Waals surface area contributed by atoms with Gasteiger partial charge in [0, 0.05) is 18.9 Å². The van der Waals surface area contributed by atoms with E-state index >= 15 is 0 Å². The molecular weight excluding hydrogens is 228 g/mol. The van der Waals surface area contributed by atoms with E-state index in [0.717, 1.165) is 25.2 Å². The first-order valence-electron chi connectivity index (χ1n) is 6.40. The van der Waals surface area contributed by atoms with Gasteiger partial charge in [-0.25, -0.2) is 0 Å². The molecule has 0 aliphatic heterocycles. The van der Waals surface area contributed by atoms with E-state index in [1.54, 1.807) is 13.8 Å². The van der Waals surface area contributed by atoms with E-state index in [4.69, 9.17) is 4.84 Å². The summed E-state index contributed by atoms with van der Waals surface area (Å²) in [5.41, 5.74) is 0.772. The van der Waals surface area contributed by atoms with Crippen LogP contribution in [0.5, 0.6) is 0 Å². The van der Waals surface area contributed by atoms with E-state index in [-0.39, 0.29) is 11.7 Å². The van der Waals surface area contributed by atoms with E-state index in [0.29, 0.717) is 13.0 Å². The molecule has 0 radical (unpaired) electrons. The number of carbonyl (C=O) groups excluding carboxylic acids is 1. The predicted octanol–water partition coefficient (Wildman–Crippen LogP) is 2.00. The summed E-state index contributed by atoms with van der Waals surface area (Å²) in [6.45, 7) is 9.54. The van der Waals surface area contributed by atoms with Crippen LogP contribution in [0.25, 0.3) is 0 Å². The van der Waals surface area contributed by atoms with Gasteiger partial charge in [0.05, 0.1) is 0 Å². The summed E-state index contributed by atoms with van der Waals surface area (Å²) >= 11 is 0. The lowest BCUT2D eigenvalue weighted by Gasteiger charge is -2.05. The quantitative estimate of drug-likeness (QED) is 0.295. The molecule has 0 spiro atoms. The van der Waals surface area contributed by atoms with E-state index in [1.165, 1.54) is 0 Å². The molecule has 0 unspecified atom stereocenters. The van der Waals surface area contributed by atoms with E-state index in [1.807, 2.05) is 13.8 Å². The van der Waals surface area contributed by atoms with Crippen molar-refractivity contribution in [3.05, 3.63) is 0 Å². The zero-order chi connectivity index (χ0) is 13.8. The summed E-state index contributed by atoms with van der Waals surface area (Å²) in [7, 11) is 0. The Kier molecular flexibility index (Phi) is 9.99. The van der Waals surface area contributed by atoms with Gasteiger partial charge in [-0.15, -0.1) is 0 Å². The summed E-state index contributed by atoms with van der Waals surface area (Å²) in [6.07, 6.45) is 1.51. The Morgan fingerprint density at radius 2 is 2.11 bits per heavy atom. The second-order valence-electron chi connectivity index (χ2n) is 4.40. The minimum atomic E-state index is 0.234. The van der Waals surface area contributed by atoms with Crippen molar-refractivity contribution in [2.24, 2.45) is 11.1 Å². The monoisotopic (exact) mass is 252 g/mol. The number of hydrogen-bond acceptors (Lipinski definition) is 4. The Bertz CT molecular complexity index is 324. The molecule has 0 fully saturated rings. The lowest BCUT2D eigenvalue weighted by atomic mass is 10.1.